The van der Waals surface area contributed by atoms with Crippen LogP contribution >= 0.6 is 0 Å². The maximum absolute atomic E-state index is 11.4. The highest BCUT2D eigenvalue weighted by Gasteiger charge is 2.12. The molecule has 0 aliphatic carbocycles. The minimum absolute atomic E-state index is 0.125. The van der Waals surface area contributed by atoms with Crippen molar-refractivity contribution in [3.63, 3.8) is 0 Å². The summed E-state index contributed by atoms with van der Waals surface area (Å²) in [4.78, 5) is 44.8. The molecule has 8 nitrogen and oxygen atoms in total. The maximum Gasteiger partial charge on any atom is 0.419 e. The first kappa shape index (κ1) is 14.3. The van der Waals surface area contributed by atoms with E-state index >= 15 is 0 Å². The van der Waals surface area contributed by atoms with E-state index in [1.54, 1.807) is 6.07 Å². The van der Waals surface area contributed by atoms with Crippen molar-refractivity contribution in [2.75, 3.05) is 4.90 Å². The minimum atomic E-state index is -1.45. The summed E-state index contributed by atoms with van der Waals surface area (Å²) in [7, 11) is 1.53. The molecule has 0 fully saturated rings. The van der Waals surface area contributed by atoms with E-state index in [0.717, 1.165) is 11.1 Å². The van der Waals surface area contributed by atoms with E-state index in [9.17, 15) is 19.2 Å². The molecule has 0 bridgehead atoms. The molecule has 0 saturated heterocycles. The van der Waals surface area contributed by atoms with Gasteiger partial charge in [0.15, 0.2) is 11.9 Å². The zero-order valence-electron chi connectivity index (χ0n) is 10.8. The number of nitrogens with zero attached hydrogens (tertiary/aromatic N) is 2. The zero-order chi connectivity index (χ0) is 15.6. The lowest BCUT2D eigenvalue weighted by Crippen LogP contribution is -2.16. The summed E-state index contributed by atoms with van der Waals surface area (Å²) in [5.41, 5.74) is 0.430. The number of fused-ring (bicyclic) bond motifs is 1. The van der Waals surface area contributed by atoms with E-state index in [1.165, 1.54) is 23.7 Å². The van der Waals surface area contributed by atoms with Gasteiger partial charge < -0.3 is 9.52 Å². The molecular weight excluding hydrogens is 280 g/mol. The monoisotopic (exact) mass is 290 g/mol. The predicted octanol–water partition coefficient (Wildman–Crippen LogP) is 0.262. The molecule has 8 heteroatoms. The Morgan fingerprint density at radius 3 is 2.67 bits per heavy atom. The Morgan fingerprint density at radius 2 is 2.10 bits per heavy atom. The summed E-state index contributed by atoms with van der Waals surface area (Å²) in [6, 6.07) is 4.43. The summed E-state index contributed by atoms with van der Waals surface area (Å²) in [6.07, 6.45) is 1.35. The fourth-order valence-corrected chi connectivity index (χ4v) is 1.73. The zero-order valence-corrected chi connectivity index (χ0v) is 10.8. The standard InChI is InChI=1S/C13H10N2O6/c1-14-10-3-2-9(4-11(10)21-13(14)20)15(7-17)5-8(6-16)12(18)19/h2-7H,1H3,(H,18,19)/b8-5+. The predicted molar refractivity (Wildman–Crippen MR) is 71.8 cm³/mol. The minimum Gasteiger partial charge on any atom is -0.478 e. The van der Waals surface area contributed by atoms with Crippen LogP contribution < -0.4 is 10.7 Å². The molecule has 1 N–H and O–H groups in total. The third kappa shape index (κ3) is 2.59. The number of carbonyl (C=O) groups excluding carboxylic acids is 2. The molecule has 2 aromatic rings. The second-order valence-electron chi connectivity index (χ2n) is 4.10. The van der Waals surface area contributed by atoms with Gasteiger partial charge in [-0.3, -0.25) is 19.1 Å². The molecule has 0 aliphatic heterocycles. The highest BCUT2D eigenvalue weighted by Crippen LogP contribution is 2.21. The van der Waals surface area contributed by atoms with Gasteiger partial charge in [-0.2, -0.15) is 0 Å². The van der Waals surface area contributed by atoms with E-state index in [2.05, 4.69) is 0 Å². The Balaban J connectivity index is 2.52. The Hall–Kier alpha value is -3.16. The van der Waals surface area contributed by atoms with Crippen LogP contribution in [0.15, 0.2) is 39.2 Å². The van der Waals surface area contributed by atoms with Crippen LogP contribution in [0.2, 0.25) is 0 Å². The summed E-state index contributed by atoms with van der Waals surface area (Å²) in [5, 5.41) is 8.77. The summed E-state index contributed by atoms with van der Waals surface area (Å²) in [6.45, 7) is 0. The van der Waals surface area contributed by atoms with Gasteiger partial charge in [0.05, 0.1) is 11.2 Å². The van der Waals surface area contributed by atoms with Gasteiger partial charge in [-0.25, -0.2) is 9.59 Å². The Bertz CT molecular complexity index is 814. The van der Waals surface area contributed by atoms with Crippen molar-refractivity contribution in [2.24, 2.45) is 7.05 Å². The van der Waals surface area contributed by atoms with Crippen molar-refractivity contribution in [2.45, 2.75) is 0 Å². The molecule has 0 atom stereocenters. The number of oxazole rings is 1. The van der Waals surface area contributed by atoms with Gasteiger partial charge in [-0.15, -0.1) is 0 Å². The second kappa shape index (κ2) is 5.45. The summed E-state index contributed by atoms with van der Waals surface area (Å²) in [5.74, 6) is -2.02. The van der Waals surface area contributed by atoms with Crippen LogP contribution in [0.25, 0.3) is 11.1 Å². The molecule has 1 amide bonds. The number of carboxylic acid groups (broad SMARTS) is 1. The number of carbonyl (C=O) groups is 3. The Kier molecular flexibility index (Phi) is 3.70. The molecule has 2 rings (SSSR count). The third-order valence-electron chi connectivity index (χ3n) is 2.84. The lowest BCUT2D eigenvalue weighted by molar-refractivity contribution is -0.133. The van der Waals surface area contributed by atoms with Gasteiger partial charge in [0.1, 0.15) is 5.57 Å². The highest BCUT2D eigenvalue weighted by molar-refractivity contribution is 6.07. The van der Waals surface area contributed by atoms with E-state index in [4.69, 9.17) is 9.52 Å². The van der Waals surface area contributed by atoms with Gasteiger partial charge >= 0.3 is 11.7 Å². The van der Waals surface area contributed by atoms with Crippen LogP contribution in [0, 0.1) is 0 Å². The van der Waals surface area contributed by atoms with Crippen LogP contribution in [-0.4, -0.2) is 28.3 Å². The lowest BCUT2D eigenvalue weighted by Gasteiger charge is -2.12. The van der Waals surface area contributed by atoms with E-state index in [-0.39, 0.29) is 17.6 Å². The van der Waals surface area contributed by atoms with Crippen molar-refractivity contribution in [3.8, 4) is 0 Å². The normalized spacial score (nSPS) is 11.4. The van der Waals surface area contributed by atoms with Gasteiger partial charge in [-0.05, 0) is 12.1 Å². The Labute approximate surface area is 117 Å². The Morgan fingerprint density at radius 1 is 1.38 bits per heavy atom. The molecule has 0 unspecified atom stereocenters. The molecule has 0 saturated carbocycles. The number of hydrogen-bond acceptors (Lipinski definition) is 5. The van der Waals surface area contributed by atoms with Gasteiger partial charge in [0.2, 0.25) is 6.41 Å². The molecule has 1 aromatic carbocycles. The van der Waals surface area contributed by atoms with Crippen LogP contribution in [0.1, 0.15) is 0 Å². The fourth-order valence-electron chi connectivity index (χ4n) is 1.73. The van der Waals surface area contributed by atoms with Gasteiger partial charge in [0, 0.05) is 19.3 Å². The van der Waals surface area contributed by atoms with Gasteiger partial charge in [0.25, 0.3) is 0 Å². The van der Waals surface area contributed by atoms with Crippen molar-refractivity contribution < 1.29 is 23.9 Å². The number of amides is 1. The van der Waals surface area contributed by atoms with Crippen LogP contribution in [-0.2, 0) is 21.4 Å². The van der Waals surface area contributed by atoms with Crippen molar-refractivity contribution in [3.05, 3.63) is 40.5 Å². The molecule has 0 aliphatic rings. The van der Waals surface area contributed by atoms with E-state index in [0.29, 0.717) is 11.9 Å². The number of hydrogen-bond donors (Lipinski definition) is 1. The van der Waals surface area contributed by atoms with Crippen LogP contribution in [0.3, 0.4) is 0 Å². The topological polar surface area (TPSA) is 110 Å². The SMILES string of the molecule is Cn1c(=O)oc2cc(N(C=O)/C=C(\C=O)C(=O)O)ccc21. The molecule has 21 heavy (non-hydrogen) atoms. The lowest BCUT2D eigenvalue weighted by atomic mass is 10.2. The number of anilines is 1. The van der Waals surface area contributed by atoms with Gasteiger partial charge in [-0.1, -0.05) is 0 Å². The van der Waals surface area contributed by atoms with E-state index < -0.39 is 17.3 Å². The molecular formula is C13H10N2O6. The largest absolute Gasteiger partial charge is 0.478 e. The third-order valence-corrected chi connectivity index (χ3v) is 2.84. The first-order valence-electron chi connectivity index (χ1n) is 5.71. The molecule has 1 aromatic heterocycles. The summed E-state index contributed by atoms with van der Waals surface area (Å²) < 4.78 is 6.26. The fraction of sp³-hybridized carbons (Fsp3) is 0.0769. The molecule has 0 spiro atoms. The number of carboxylic acids is 1. The first-order valence-corrected chi connectivity index (χ1v) is 5.71. The van der Waals surface area contributed by atoms with Crippen molar-refractivity contribution >= 4 is 35.5 Å². The average molecular weight is 290 g/mol. The van der Waals surface area contributed by atoms with Crippen LogP contribution in [0.5, 0.6) is 0 Å². The molecule has 1 heterocycles. The van der Waals surface area contributed by atoms with Crippen LogP contribution in [0.4, 0.5) is 5.69 Å². The average Bonchev–Trinajstić information content (AvgIpc) is 2.74. The highest BCUT2D eigenvalue weighted by atomic mass is 16.4. The second-order valence-corrected chi connectivity index (χ2v) is 4.10. The number of aryl methyl sites for hydroxylation is 1. The van der Waals surface area contributed by atoms with E-state index in [1.807, 2.05) is 0 Å². The molecule has 108 valence electrons. The molecule has 0 radical (unpaired) electrons. The number of aromatic nitrogens is 1. The number of aliphatic carboxylic acids is 1. The first-order chi connectivity index (χ1) is 9.97. The van der Waals surface area contributed by atoms with Crippen molar-refractivity contribution in [1.82, 2.24) is 4.57 Å². The number of benzene rings is 1. The number of aldehydes is 1. The maximum atomic E-state index is 11.4. The summed E-state index contributed by atoms with van der Waals surface area (Å²) >= 11 is 0. The quantitative estimate of drug-likeness (QED) is 0.366. The smallest absolute Gasteiger partial charge is 0.419 e. The van der Waals surface area contributed by atoms with Crippen molar-refractivity contribution in [1.29, 1.82) is 0 Å². The number of rotatable bonds is 5.